The molecule has 1 atom stereocenters. The molecule has 21 heavy (non-hydrogen) atoms. The Hall–Kier alpha value is -1.32. The average molecular weight is 349 g/mol. The Labute approximate surface area is 134 Å². The van der Waals surface area contributed by atoms with Gasteiger partial charge in [-0.05, 0) is 55.2 Å². The highest BCUT2D eigenvalue weighted by Crippen LogP contribution is 2.30. The topological polar surface area (TPSA) is 29.5 Å². The van der Waals surface area contributed by atoms with Crippen LogP contribution in [0.1, 0.15) is 43.9 Å². The Morgan fingerprint density at radius 3 is 2.33 bits per heavy atom. The molecule has 0 spiro atoms. The van der Waals surface area contributed by atoms with Gasteiger partial charge < -0.3 is 9.84 Å². The fourth-order valence-electron chi connectivity index (χ4n) is 2.15. The molecular formula is C18H21BrO2. The van der Waals surface area contributed by atoms with Crippen molar-refractivity contribution in [3.63, 3.8) is 0 Å². The quantitative estimate of drug-likeness (QED) is 0.732. The molecule has 0 saturated carbocycles. The molecule has 2 rings (SSSR count). The van der Waals surface area contributed by atoms with Crippen LogP contribution in [0.3, 0.4) is 0 Å². The Bertz CT molecular complexity index is 576. The van der Waals surface area contributed by atoms with E-state index in [1.165, 1.54) is 18.4 Å². The third kappa shape index (κ3) is 4.58. The number of halogens is 1. The zero-order valence-electron chi connectivity index (χ0n) is 12.5. The maximum absolute atomic E-state index is 9.62. The second-order valence-electron chi connectivity index (χ2n) is 5.21. The minimum Gasteiger partial charge on any atom is -0.457 e. The lowest BCUT2D eigenvalue weighted by Gasteiger charge is -2.11. The molecule has 2 aromatic carbocycles. The highest BCUT2D eigenvalue weighted by atomic mass is 79.9. The number of aliphatic hydroxyl groups excluding tert-OH is 1. The van der Waals surface area contributed by atoms with E-state index in [1.807, 2.05) is 30.3 Å². The molecule has 0 bridgehead atoms. The molecule has 2 nitrogen and oxygen atoms in total. The summed E-state index contributed by atoms with van der Waals surface area (Å²) in [6.07, 6.45) is 3.05. The Kier molecular flexibility index (Phi) is 5.83. The molecule has 1 N–H and O–H groups in total. The Morgan fingerprint density at radius 2 is 1.76 bits per heavy atom. The van der Waals surface area contributed by atoms with Crippen molar-refractivity contribution in [1.29, 1.82) is 0 Å². The third-order valence-corrected chi connectivity index (χ3v) is 4.09. The molecule has 3 heteroatoms. The van der Waals surface area contributed by atoms with Crippen LogP contribution in [0.25, 0.3) is 0 Å². The SMILES string of the molecule is CCCCc1ccc(Oc2ccc([C@H](C)O)c(Br)c2)cc1. The van der Waals surface area contributed by atoms with Crippen molar-refractivity contribution in [3.8, 4) is 11.5 Å². The van der Waals surface area contributed by atoms with E-state index in [0.717, 1.165) is 28.0 Å². The van der Waals surface area contributed by atoms with Gasteiger partial charge in [0.1, 0.15) is 11.5 Å². The summed E-state index contributed by atoms with van der Waals surface area (Å²) < 4.78 is 6.70. The standard InChI is InChI=1S/C18H21BrO2/c1-3-4-5-14-6-8-15(9-7-14)21-16-10-11-17(13(2)20)18(19)12-16/h6-13,20H,3-5H2,1-2H3/t13-/m0/s1. The summed E-state index contributed by atoms with van der Waals surface area (Å²) >= 11 is 3.46. The van der Waals surface area contributed by atoms with E-state index in [9.17, 15) is 5.11 Å². The van der Waals surface area contributed by atoms with Crippen LogP contribution >= 0.6 is 15.9 Å². The van der Waals surface area contributed by atoms with Gasteiger partial charge in [0, 0.05) is 4.47 Å². The van der Waals surface area contributed by atoms with Crippen molar-refractivity contribution in [2.75, 3.05) is 0 Å². The molecule has 0 aliphatic heterocycles. The van der Waals surface area contributed by atoms with Crippen LogP contribution in [-0.2, 0) is 6.42 Å². The summed E-state index contributed by atoms with van der Waals surface area (Å²) in [7, 11) is 0. The zero-order valence-corrected chi connectivity index (χ0v) is 14.1. The van der Waals surface area contributed by atoms with Gasteiger partial charge in [-0.15, -0.1) is 0 Å². The molecule has 0 unspecified atom stereocenters. The van der Waals surface area contributed by atoms with Gasteiger partial charge in [-0.25, -0.2) is 0 Å². The van der Waals surface area contributed by atoms with Gasteiger partial charge in [0.2, 0.25) is 0 Å². The molecule has 0 heterocycles. The molecule has 112 valence electrons. The molecule has 0 aliphatic carbocycles. The van der Waals surface area contributed by atoms with Crippen LogP contribution in [0.2, 0.25) is 0 Å². The van der Waals surface area contributed by atoms with E-state index in [0.29, 0.717) is 0 Å². The predicted octanol–water partition coefficient (Wildman–Crippen LogP) is 5.64. The number of unbranched alkanes of at least 4 members (excludes halogenated alkanes) is 1. The maximum Gasteiger partial charge on any atom is 0.128 e. The lowest BCUT2D eigenvalue weighted by molar-refractivity contribution is 0.198. The second-order valence-corrected chi connectivity index (χ2v) is 6.06. The molecular weight excluding hydrogens is 328 g/mol. The normalized spacial score (nSPS) is 12.2. The van der Waals surface area contributed by atoms with Crippen molar-refractivity contribution >= 4 is 15.9 Å². The number of rotatable bonds is 6. The fraction of sp³-hybridized carbons (Fsp3) is 0.333. The van der Waals surface area contributed by atoms with Gasteiger partial charge in [-0.2, -0.15) is 0 Å². The van der Waals surface area contributed by atoms with E-state index in [4.69, 9.17) is 4.74 Å². The number of hydrogen-bond donors (Lipinski definition) is 1. The summed E-state index contributed by atoms with van der Waals surface area (Å²) in [4.78, 5) is 0. The van der Waals surface area contributed by atoms with E-state index in [-0.39, 0.29) is 0 Å². The molecule has 2 aromatic rings. The second kappa shape index (κ2) is 7.62. The lowest BCUT2D eigenvalue weighted by atomic mass is 10.1. The largest absolute Gasteiger partial charge is 0.457 e. The van der Waals surface area contributed by atoms with Crippen molar-refractivity contribution in [3.05, 3.63) is 58.1 Å². The number of aryl methyl sites for hydroxylation is 1. The van der Waals surface area contributed by atoms with Gasteiger partial charge in [0.15, 0.2) is 0 Å². The Morgan fingerprint density at radius 1 is 1.10 bits per heavy atom. The molecule has 0 radical (unpaired) electrons. The first-order chi connectivity index (χ1) is 10.1. The van der Waals surface area contributed by atoms with Crippen LogP contribution in [0.4, 0.5) is 0 Å². The lowest BCUT2D eigenvalue weighted by Crippen LogP contribution is -1.93. The van der Waals surface area contributed by atoms with Gasteiger partial charge >= 0.3 is 0 Å². The minimum atomic E-state index is -0.494. The minimum absolute atomic E-state index is 0.494. The highest BCUT2D eigenvalue weighted by Gasteiger charge is 2.07. The van der Waals surface area contributed by atoms with Crippen molar-refractivity contribution in [2.45, 2.75) is 39.2 Å². The zero-order chi connectivity index (χ0) is 15.2. The van der Waals surface area contributed by atoms with E-state index < -0.39 is 6.10 Å². The average Bonchev–Trinajstić information content (AvgIpc) is 2.46. The summed E-state index contributed by atoms with van der Waals surface area (Å²) in [5.74, 6) is 1.58. The molecule has 0 amide bonds. The van der Waals surface area contributed by atoms with Crippen LogP contribution in [-0.4, -0.2) is 5.11 Å². The Balaban J connectivity index is 2.06. The summed E-state index contributed by atoms with van der Waals surface area (Å²) in [5.41, 5.74) is 2.20. The number of ether oxygens (including phenoxy) is 1. The number of aliphatic hydroxyl groups is 1. The first-order valence-electron chi connectivity index (χ1n) is 7.34. The van der Waals surface area contributed by atoms with Crippen molar-refractivity contribution in [1.82, 2.24) is 0 Å². The van der Waals surface area contributed by atoms with Crippen LogP contribution in [0.15, 0.2) is 46.9 Å². The fourth-order valence-corrected chi connectivity index (χ4v) is 2.84. The first-order valence-corrected chi connectivity index (χ1v) is 8.13. The summed E-state index contributed by atoms with van der Waals surface area (Å²) in [6.45, 7) is 3.95. The van der Waals surface area contributed by atoms with Gasteiger partial charge in [-0.1, -0.05) is 47.5 Å². The maximum atomic E-state index is 9.62. The number of benzene rings is 2. The van der Waals surface area contributed by atoms with Crippen LogP contribution < -0.4 is 4.74 Å². The van der Waals surface area contributed by atoms with Crippen molar-refractivity contribution in [2.24, 2.45) is 0 Å². The van der Waals surface area contributed by atoms with Gasteiger partial charge in [-0.3, -0.25) is 0 Å². The third-order valence-electron chi connectivity index (χ3n) is 3.40. The molecule has 0 aromatic heterocycles. The van der Waals surface area contributed by atoms with E-state index >= 15 is 0 Å². The summed E-state index contributed by atoms with van der Waals surface area (Å²) in [6, 6.07) is 13.9. The summed E-state index contributed by atoms with van der Waals surface area (Å²) in [5, 5.41) is 9.62. The molecule has 0 saturated heterocycles. The molecule has 0 fully saturated rings. The van der Waals surface area contributed by atoms with Crippen LogP contribution in [0, 0.1) is 0 Å². The van der Waals surface area contributed by atoms with Crippen LogP contribution in [0.5, 0.6) is 11.5 Å². The van der Waals surface area contributed by atoms with E-state index in [1.54, 1.807) is 6.92 Å². The van der Waals surface area contributed by atoms with E-state index in [2.05, 4.69) is 35.0 Å². The predicted molar refractivity (Wildman–Crippen MR) is 89.9 cm³/mol. The monoisotopic (exact) mass is 348 g/mol. The van der Waals surface area contributed by atoms with Gasteiger partial charge in [0.05, 0.1) is 6.10 Å². The number of hydrogen-bond acceptors (Lipinski definition) is 2. The highest BCUT2D eigenvalue weighted by molar-refractivity contribution is 9.10. The molecule has 0 aliphatic rings. The smallest absolute Gasteiger partial charge is 0.128 e. The van der Waals surface area contributed by atoms with Gasteiger partial charge in [0.25, 0.3) is 0 Å². The van der Waals surface area contributed by atoms with Crippen molar-refractivity contribution < 1.29 is 9.84 Å². The first kappa shape index (κ1) is 16.1.